The van der Waals surface area contributed by atoms with Gasteiger partial charge in [-0.2, -0.15) is 0 Å². The van der Waals surface area contributed by atoms with Crippen molar-refractivity contribution in [1.82, 2.24) is 10.3 Å². The molecule has 2 rings (SSSR count). The van der Waals surface area contributed by atoms with E-state index >= 15 is 0 Å². The normalized spacial score (nSPS) is 10.6. The van der Waals surface area contributed by atoms with Crippen LogP contribution in [-0.2, 0) is 4.79 Å². The van der Waals surface area contributed by atoms with Crippen LogP contribution in [0.3, 0.4) is 0 Å². The number of amides is 1. The Morgan fingerprint density at radius 3 is 3.00 bits per heavy atom. The molecular formula is C15H21N3O2S. The molecule has 0 radical (unpaired) electrons. The van der Waals surface area contributed by atoms with Gasteiger partial charge in [-0.1, -0.05) is 31.1 Å². The molecule has 1 heterocycles. The third-order valence-electron chi connectivity index (χ3n) is 3.10. The summed E-state index contributed by atoms with van der Waals surface area (Å²) in [5.74, 6) is 0.814. The van der Waals surface area contributed by atoms with E-state index in [1.54, 1.807) is 7.11 Å². The van der Waals surface area contributed by atoms with Crippen LogP contribution < -0.4 is 15.4 Å². The molecule has 2 aromatic rings. The summed E-state index contributed by atoms with van der Waals surface area (Å²) >= 11 is 1.52. The summed E-state index contributed by atoms with van der Waals surface area (Å²) in [7, 11) is 1.64. The summed E-state index contributed by atoms with van der Waals surface area (Å²) in [5, 5.41) is 6.71. The van der Waals surface area contributed by atoms with Gasteiger partial charge >= 0.3 is 0 Å². The minimum atomic E-state index is 0.00272. The lowest BCUT2D eigenvalue weighted by Crippen LogP contribution is -2.30. The minimum absolute atomic E-state index is 0.00272. The topological polar surface area (TPSA) is 63.2 Å². The fourth-order valence-electron chi connectivity index (χ4n) is 1.93. The van der Waals surface area contributed by atoms with Crippen molar-refractivity contribution < 1.29 is 9.53 Å². The molecular weight excluding hydrogens is 286 g/mol. The molecule has 0 unspecified atom stereocenters. The predicted octanol–water partition coefficient (Wildman–Crippen LogP) is 3.02. The number of hydrogen-bond donors (Lipinski definition) is 2. The zero-order valence-electron chi connectivity index (χ0n) is 12.4. The molecule has 114 valence electrons. The zero-order valence-corrected chi connectivity index (χ0v) is 13.3. The van der Waals surface area contributed by atoms with Gasteiger partial charge in [0.15, 0.2) is 5.13 Å². The molecule has 0 fully saturated rings. The largest absolute Gasteiger partial charge is 0.497 e. The monoisotopic (exact) mass is 307 g/mol. The quantitative estimate of drug-likeness (QED) is 0.736. The number of thiazole rings is 1. The van der Waals surface area contributed by atoms with E-state index in [9.17, 15) is 4.79 Å². The molecule has 1 amide bonds. The van der Waals surface area contributed by atoms with Crippen molar-refractivity contribution in [3.05, 3.63) is 18.2 Å². The summed E-state index contributed by atoms with van der Waals surface area (Å²) in [6.45, 7) is 3.14. The molecule has 0 aliphatic rings. The fourth-order valence-corrected chi connectivity index (χ4v) is 2.82. The maximum Gasteiger partial charge on any atom is 0.239 e. The number of nitrogens with zero attached hydrogens (tertiary/aromatic N) is 1. The lowest BCUT2D eigenvalue weighted by molar-refractivity contribution is -0.119. The highest BCUT2D eigenvalue weighted by Gasteiger charge is 2.06. The van der Waals surface area contributed by atoms with Crippen molar-refractivity contribution in [2.45, 2.75) is 26.2 Å². The highest BCUT2D eigenvalue weighted by molar-refractivity contribution is 7.22. The van der Waals surface area contributed by atoms with Crippen molar-refractivity contribution in [2.75, 3.05) is 25.5 Å². The third-order valence-corrected chi connectivity index (χ3v) is 4.07. The first-order valence-corrected chi connectivity index (χ1v) is 7.99. The Kier molecular flexibility index (Phi) is 5.80. The van der Waals surface area contributed by atoms with Crippen LogP contribution in [0.15, 0.2) is 18.2 Å². The van der Waals surface area contributed by atoms with E-state index < -0.39 is 0 Å². The number of ether oxygens (including phenoxy) is 1. The summed E-state index contributed by atoms with van der Waals surface area (Å²) in [4.78, 5) is 16.1. The first-order chi connectivity index (χ1) is 10.2. The maximum atomic E-state index is 11.7. The van der Waals surface area contributed by atoms with Crippen LogP contribution in [0, 0.1) is 0 Å². The number of hydrogen-bond acceptors (Lipinski definition) is 5. The lowest BCUT2D eigenvalue weighted by Gasteiger charge is -2.04. The lowest BCUT2D eigenvalue weighted by atomic mass is 10.2. The molecule has 0 aliphatic heterocycles. The van der Waals surface area contributed by atoms with E-state index in [0.717, 1.165) is 46.9 Å². The summed E-state index contributed by atoms with van der Waals surface area (Å²) < 4.78 is 6.23. The highest BCUT2D eigenvalue weighted by Crippen LogP contribution is 2.28. The van der Waals surface area contributed by atoms with Crippen LogP contribution in [0.4, 0.5) is 5.13 Å². The molecule has 0 saturated heterocycles. The molecule has 0 bridgehead atoms. The van der Waals surface area contributed by atoms with Gasteiger partial charge in [0.2, 0.25) is 5.91 Å². The molecule has 0 atom stereocenters. The van der Waals surface area contributed by atoms with Crippen LogP contribution in [0.1, 0.15) is 26.2 Å². The van der Waals surface area contributed by atoms with Gasteiger partial charge in [0.25, 0.3) is 0 Å². The van der Waals surface area contributed by atoms with E-state index in [0.29, 0.717) is 0 Å². The number of unbranched alkanes of at least 4 members (excludes halogenated alkanes) is 2. The molecule has 0 aliphatic carbocycles. The van der Waals surface area contributed by atoms with Crippen LogP contribution in [0.5, 0.6) is 5.75 Å². The Labute approximate surface area is 128 Å². The Hall–Kier alpha value is -1.82. The van der Waals surface area contributed by atoms with Crippen molar-refractivity contribution >= 4 is 32.6 Å². The van der Waals surface area contributed by atoms with Gasteiger partial charge in [-0.3, -0.25) is 4.79 Å². The Bertz CT molecular complexity index is 598. The van der Waals surface area contributed by atoms with Gasteiger partial charge < -0.3 is 15.4 Å². The third kappa shape index (κ3) is 4.60. The van der Waals surface area contributed by atoms with E-state index in [-0.39, 0.29) is 12.5 Å². The summed E-state index contributed by atoms with van der Waals surface area (Å²) in [5.41, 5.74) is 0.909. The van der Waals surface area contributed by atoms with Gasteiger partial charge in [-0.15, -0.1) is 0 Å². The average Bonchev–Trinajstić information content (AvgIpc) is 2.91. The molecule has 6 heteroatoms. The smallest absolute Gasteiger partial charge is 0.239 e. The first kappa shape index (κ1) is 15.6. The average molecular weight is 307 g/mol. The minimum Gasteiger partial charge on any atom is -0.497 e. The van der Waals surface area contributed by atoms with Crippen LogP contribution in [-0.4, -0.2) is 31.1 Å². The molecule has 0 spiro atoms. The predicted molar refractivity (Wildman–Crippen MR) is 87.2 cm³/mol. The van der Waals surface area contributed by atoms with E-state index in [2.05, 4.69) is 22.5 Å². The number of methoxy groups -OCH3 is 1. The van der Waals surface area contributed by atoms with Gasteiger partial charge in [0.1, 0.15) is 5.75 Å². The second kappa shape index (κ2) is 7.83. The maximum absolute atomic E-state index is 11.7. The van der Waals surface area contributed by atoms with Gasteiger partial charge in [-0.25, -0.2) is 4.98 Å². The van der Waals surface area contributed by atoms with Gasteiger partial charge in [0, 0.05) is 6.54 Å². The second-order valence-corrected chi connectivity index (χ2v) is 5.79. The number of rotatable bonds is 8. The van der Waals surface area contributed by atoms with Crippen molar-refractivity contribution in [2.24, 2.45) is 0 Å². The standard InChI is InChI=1S/C15H21N3O2S/c1-3-4-5-8-16-14(19)10-17-15-18-12-7-6-11(20-2)9-13(12)21-15/h6-7,9H,3-5,8,10H2,1-2H3,(H,16,19)(H,17,18). The van der Waals surface area contributed by atoms with Gasteiger partial charge in [-0.05, 0) is 24.6 Å². The number of benzene rings is 1. The summed E-state index contributed by atoms with van der Waals surface area (Å²) in [6, 6.07) is 5.75. The SMILES string of the molecule is CCCCCNC(=O)CNc1nc2ccc(OC)cc2s1. The number of fused-ring (bicyclic) bond motifs is 1. The Balaban J connectivity index is 1.84. The number of carbonyl (C=O) groups excluding carboxylic acids is 1. The van der Waals surface area contributed by atoms with Gasteiger partial charge in [0.05, 0.1) is 23.9 Å². The molecule has 21 heavy (non-hydrogen) atoms. The molecule has 0 saturated carbocycles. The van der Waals surface area contributed by atoms with E-state index in [4.69, 9.17) is 4.74 Å². The van der Waals surface area contributed by atoms with Crippen LogP contribution >= 0.6 is 11.3 Å². The van der Waals surface area contributed by atoms with Crippen LogP contribution in [0.2, 0.25) is 0 Å². The fraction of sp³-hybridized carbons (Fsp3) is 0.467. The van der Waals surface area contributed by atoms with Crippen molar-refractivity contribution in [1.29, 1.82) is 0 Å². The first-order valence-electron chi connectivity index (χ1n) is 7.18. The number of aromatic nitrogens is 1. The summed E-state index contributed by atoms with van der Waals surface area (Å²) in [6.07, 6.45) is 3.33. The number of nitrogens with one attached hydrogen (secondary N) is 2. The Morgan fingerprint density at radius 1 is 1.38 bits per heavy atom. The highest BCUT2D eigenvalue weighted by atomic mass is 32.1. The number of anilines is 1. The zero-order chi connectivity index (χ0) is 15.1. The van der Waals surface area contributed by atoms with E-state index in [1.165, 1.54) is 11.3 Å². The molecule has 2 N–H and O–H groups in total. The number of carbonyl (C=O) groups is 1. The van der Waals surface area contributed by atoms with E-state index in [1.807, 2.05) is 18.2 Å². The van der Waals surface area contributed by atoms with Crippen molar-refractivity contribution in [3.8, 4) is 5.75 Å². The molecule has 1 aromatic heterocycles. The molecule has 5 nitrogen and oxygen atoms in total. The van der Waals surface area contributed by atoms with Crippen LogP contribution in [0.25, 0.3) is 10.2 Å². The molecule has 1 aromatic carbocycles. The van der Waals surface area contributed by atoms with Crippen molar-refractivity contribution in [3.63, 3.8) is 0 Å². The second-order valence-electron chi connectivity index (χ2n) is 4.76. The Morgan fingerprint density at radius 2 is 2.24 bits per heavy atom.